The molecule has 0 amide bonds. The Bertz CT molecular complexity index is 593. The maximum absolute atomic E-state index is 14.2. The summed E-state index contributed by atoms with van der Waals surface area (Å²) in [5.41, 5.74) is -17.3. The fourth-order valence-corrected chi connectivity index (χ4v) is 2.91. The Balaban J connectivity index is 0.00000420. The molecule has 0 heterocycles. The molecule has 0 unspecified atom stereocenters. The van der Waals surface area contributed by atoms with E-state index in [9.17, 15) is 79.0 Å². The molecule has 2 saturated carbocycles. The highest BCUT2D eigenvalue weighted by Crippen LogP contribution is 2.81. The van der Waals surface area contributed by atoms with E-state index in [1.54, 1.807) is 0 Å². The van der Waals surface area contributed by atoms with Crippen molar-refractivity contribution >= 4 is 0 Å². The van der Waals surface area contributed by atoms with Gasteiger partial charge in [-0.3, -0.25) is 0 Å². The number of hydrogen-bond donors (Lipinski definition) is 0. The quantitative estimate of drug-likeness (QED) is 0.451. The van der Waals surface area contributed by atoms with Gasteiger partial charge >= 0.3 is 47.4 Å². The van der Waals surface area contributed by atoms with Crippen molar-refractivity contribution in [3.63, 3.8) is 0 Å². The maximum atomic E-state index is 14.2. The smallest absolute Gasteiger partial charge is 0.382 e. The zero-order chi connectivity index (χ0) is 23.0. The maximum Gasteiger partial charge on any atom is 0.382 e. The Morgan fingerprint density at radius 3 is 0.414 bits per heavy atom. The van der Waals surface area contributed by atoms with Crippen LogP contribution < -0.4 is 0 Å². The summed E-state index contributed by atoms with van der Waals surface area (Å²) >= 11 is 0. The SMILES string of the molecule is FC1(F)C(F)(F)C(F)(F)C2(F)C(F)(F)C(F)(F)C(F)(F)C(F)(F)C2(F)C1(F)F.O. The standard InChI is InChI=1S/C10F18.H2O/c11-1-2(12,5(17,18)9(25,26)7(21,22)3(1,13)14)6(19,20)10(27,28)8(23,24)4(1,15)16;/h;1H2. The van der Waals surface area contributed by atoms with Gasteiger partial charge in [-0.2, -0.15) is 70.2 Å². The Kier molecular flexibility index (Phi) is 4.54. The first-order valence-corrected chi connectivity index (χ1v) is 6.15. The second-order valence-electron chi connectivity index (χ2n) is 5.91. The molecular formula is C10H2F18O. The molecule has 0 aromatic rings. The molecule has 0 aromatic carbocycles. The number of hydrogen-bond acceptors (Lipinski definition) is 0. The number of alkyl halides is 18. The van der Waals surface area contributed by atoms with Crippen LogP contribution >= 0.6 is 0 Å². The fraction of sp³-hybridized carbons (Fsp3) is 1.00. The van der Waals surface area contributed by atoms with Crippen molar-refractivity contribution in [1.29, 1.82) is 0 Å². The molecule has 0 saturated heterocycles. The molecule has 0 aliphatic heterocycles. The number of fused-ring (bicyclic) bond motifs is 1. The van der Waals surface area contributed by atoms with E-state index in [0.717, 1.165) is 0 Å². The minimum absolute atomic E-state index is 0. The lowest BCUT2D eigenvalue weighted by Gasteiger charge is -2.63. The van der Waals surface area contributed by atoms with Crippen molar-refractivity contribution in [2.24, 2.45) is 0 Å². The second-order valence-corrected chi connectivity index (χ2v) is 5.91. The zero-order valence-corrected chi connectivity index (χ0v) is 12.3. The molecule has 174 valence electrons. The highest BCUT2D eigenvalue weighted by atomic mass is 19.4. The third-order valence-electron chi connectivity index (χ3n) is 4.57. The van der Waals surface area contributed by atoms with Gasteiger partial charge in [0.05, 0.1) is 0 Å². The average Bonchev–Trinajstić information content (AvgIpc) is 2.49. The topological polar surface area (TPSA) is 31.5 Å². The van der Waals surface area contributed by atoms with E-state index in [0.29, 0.717) is 0 Å². The Hall–Kier alpha value is -1.30. The van der Waals surface area contributed by atoms with E-state index < -0.39 is 58.7 Å². The minimum Gasteiger partial charge on any atom is -0.412 e. The normalized spacial score (nSPS) is 41.6. The summed E-state index contributed by atoms with van der Waals surface area (Å²) in [5.74, 6) is -66.8. The van der Waals surface area contributed by atoms with Crippen LogP contribution in [0, 0.1) is 0 Å². The lowest BCUT2D eigenvalue weighted by molar-refractivity contribution is -0.560. The van der Waals surface area contributed by atoms with Gasteiger partial charge in [0.25, 0.3) is 11.3 Å². The molecule has 2 aliphatic rings. The van der Waals surface area contributed by atoms with Crippen LogP contribution in [0.2, 0.25) is 0 Å². The molecule has 19 heteroatoms. The van der Waals surface area contributed by atoms with Gasteiger partial charge in [-0.15, -0.1) is 0 Å². The summed E-state index contributed by atoms with van der Waals surface area (Å²) < 4.78 is 241. The summed E-state index contributed by atoms with van der Waals surface area (Å²) in [5, 5.41) is 0. The third kappa shape index (κ3) is 1.71. The van der Waals surface area contributed by atoms with Crippen LogP contribution in [-0.2, 0) is 0 Å². The van der Waals surface area contributed by atoms with Crippen LogP contribution in [0.1, 0.15) is 0 Å². The van der Waals surface area contributed by atoms with Crippen LogP contribution in [0.25, 0.3) is 0 Å². The first-order chi connectivity index (χ1) is 11.8. The van der Waals surface area contributed by atoms with Crippen molar-refractivity contribution < 1.29 is 84.5 Å². The van der Waals surface area contributed by atoms with Gasteiger partial charge in [0.1, 0.15) is 0 Å². The molecule has 1 nitrogen and oxygen atoms in total. The molecule has 2 rings (SSSR count). The van der Waals surface area contributed by atoms with Gasteiger partial charge in [0.15, 0.2) is 0 Å². The molecule has 2 aliphatic carbocycles. The van der Waals surface area contributed by atoms with E-state index in [1.807, 2.05) is 0 Å². The van der Waals surface area contributed by atoms with Crippen LogP contribution in [0.4, 0.5) is 79.0 Å². The third-order valence-corrected chi connectivity index (χ3v) is 4.57. The Morgan fingerprint density at radius 2 is 0.310 bits per heavy atom. The lowest BCUT2D eigenvalue weighted by Crippen LogP contribution is -2.98. The summed E-state index contributed by atoms with van der Waals surface area (Å²) in [4.78, 5) is 0. The minimum atomic E-state index is -8.64. The van der Waals surface area contributed by atoms with Crippen molar-refractivity contribution in [1.82, 2.24) is 0 Å². The molecule has 0 radical (unpaired) electrons. The van der Waals surface area contributed by atoms with Crippen LogP contribution in [-0.4, -0.2) is 64.2 Å². The van der Waals surface area contributed by atoms with Crippen molar-refractivity contribution in [2.45, 2.75) is 58.7 Å². The highest BCUT2D eigenvalue weighted by molar-refractivity contribution is 5.42. The van der Waals surface area contributed by atoms with Crippen molar-refractivity contribution in [3.05, 3.63) is 0 Å². The van der Waals surface area contributed by atoms with E-state index >= 15 is 0 Å². The lowest BCUT2D eigenvalue weighted by atomic mass is 9.54. The van der Waals surface area contributed by atoms with Crippen LogP contribution in [0.15, 0.2) is 0 Å². The van der Waals surface area contributed by atoms with E-state index in [4.69, 9.17) is 0 Å². The Labute approximate surface area is 144 Å². The molecule has 2 fully saturated rings. The molecule has 0 aromatic heterocycles. The van der Waals surface area contributed by atoms with Crippen LogP contribution in [0.5, 0.6) is 0 Å². The molecule has 0 atom stereocenters. The van der Waals surface area contributed by atoms with E-state index in [1.165, 1.54) is 0 Å². The van der Waals surface area contributed by atoms with Gasteiger partial charge in [0, 0.05) is 0 Å². The fourth-order valence-electron chi connectivity index (χ4n) is 2.91. The van der Waals surface area contributed by atoms with Gasteiger partial charge in [-0.05, 0) is 0 Å². The van der Waals surface area contributed by atoms with Gasteiger partial charge in [-0.1, -0.05) is 0 Å². The highest BCUT2D eigenvalue weighted by Gasteiger charge is 3.15. The monoisotopic (exact) mass is 480 g/mol. The molecule has 29 heavy (non-hydrogen) atoms. The van der Waals surface area contributed by atoms with Crippen molar-refractivity contribution in [2.75, 3.05) is 0 Å². The molecule has 2 N–H and O–H groups in total. The number of halogens is 18. The second kappa shape index (κ2) is 5.12. The predicted octanol–water partition coefficient (Wildman–Crippen LogP) is 4.69. The van der Waals surface area contributed by atoms with Crippen molar-refractivity contribution in [3.8, 4) is 0 Å². The first-order valence-electron chi connectivity index (χ1n) is 6.15. The van der Waals surface area contributed by atoms with E-state index in [2.05, 4.69) is 0 Å². The van der Waals surface area contributed by atoms with Gasteiger partial charge < -0.3 is 5.48 Å². The van der Waals surface area contributed by atoms with Crippen LogP contribution in [0.3, 0.4) is 0 Å². The molecular weight excluding hydrogens is 478 g/mol. The zero-order valence-electron chi connectivity index (χ0n) is 12.3. The first kappa shape index (κ1) is 25.7. The largest absolute Gasteiger partial charge is 0.412 e. The molecule has 0 spiro atoms. The van der Waals surface area contributed by atoms with E-state index in [-0.39, 0.29) is 5.48 Å². The van der Waals surface area contributed by atoms with Gasteiger partial charge in [0.2, 0.25) is 0 Å². The predicted molar refractivity (Wildman–Crippen MR) is 50.9 cm³/mol. The summed E-state index contributed by atoms with van der Waals surface area (Å²) in [6.07, 6.45) is 0. The summed E-state index contributed by atoms with van der Waals surface area (Å²) in [6, 6.07) is 0. The molecule has 0 bridgehead atoms. The average molecular weight is 480 g/mol. The summed E-state index contributed by atoms with van der Waals surface area (Å²) in [6.45, 7) is 0. The van der Waals surface area contributed by atoms with Gasteiger partial charge in [-0.25, -0.2) is 8.78 Å². The summed E-state index contributed by atoms with van der Waals surface area (Å²) in [7, 11) is 0. The Morgan fingerprint density at radius 1 is 0.207 bits per heavy atom. The number of rotatable bonds is 0.